The third-order valence-electron chi connectivity index (χ3n) is 2.41. The Morgan fingerprint density at radius 3 is 3.00 bits per heavy atom. The van der Waals surface area contributed by atoms with Gasteiger partial charge in [0, 0.05) is 24.0 Å². The molecular formula is C11H8ClN5. The average molecular weight is 246 g/mol. The van der Waals surface area contributed by atoms with Gasteiger partial charge in [-0.2, -0.15) is 5.10 Å². The molecule has 0 amide bonds. The zero-order valence-corrected chi connectivity index (χ0v) is 9.46. The largest absolute Gasteiger partial charge is 0.383 e. The number of aromatic nitrogens is 4. The molecule has 0 spiro atoms. The van der Waals surface area contributed by atoms with Crippen LogP contribution < -0.4 is 5.73 Å². The molecule has 0 radical (unpaired) electrons. The minimum absolute atomic E-state index is 0.433. The first kappa shape index (κ1) is 10.0. The van der Waals surface area contributed by atoms with Gasteiger partial charge in [-0.15, -0.1) is 0 Å². The van der Waals surface area contributed by atoms with Crippen LogP contribution >= 0.6 is 11.6 Å². The van der Waals surface area contributed by atoms with E-state index in [4.69, 9.17) is 17.3 Å². The summed E-state index contributed by atoms with van der Waals surface area (Å²) in [5.74, 6) is 0.446. The highest BCUT2D eigenvalue weighted by Crippen LogP contribution is 2.23. The highest BCUT2D eigenvalue weighted by atomic mass is 35.5. The van der Waals surface area contributed by atoms with E-state index in [0.29, 0.717) is 16.6 Å². The maximum Gasteiger partial charge on any atom is 0.157 e. The lowest BCUT2D eigenvalue weighted by Crippen LogP contribution is -1.93. The first-order valence-corrected chi connectivity index (χ1v) is 5.34. The molecule has 3 heterocycles. The third kappa shape index (κ3) is 1.70. The van der Waals surface area contributed by atoms with Crippen LogP contribution in [-0.2, 0) is 0 Å². The summed E-state index contributed by atoms with van der Waals surface area (Å²) in [6.45, 7) is 0. The summed E-state index contributed by atoms with van der Waals surface area (Å²) in [5.41, 5.74) is 7.99. The number of hydrogen-bond acceptors (Lipinski definition) is 4. The lowest BCUT2D eigenvalue weighted by Gasteiger charge is -1.98. The molecule has 2 N–H and O–H groups in total. The number of anilines is 1. The molecule has 0 unspecified atom stereocenters. The van der Waals surface area contributed by atoms with E-state index in [2.05, 4.69) is 15.1 Å². The molecule has 0 aliphatic rings. The van der Waals surface area contributed by atoms with Gasteiger partial charge in [-0.3, -0.25) is 0 Å². The van der Waals surface area contributed by atoms with Gasteiger partial charge in [0.1, 0.15) is 11.0 Å². The minimum atomic E-state index is 0.433. The first-order chi connectivity index (χ1) is 8.24. The second-order valence-corrected chi connectivity index (χ2v) is 3.91. The Kier molecular flexibility index (Phi) is 2.19. The van der Waals surface area contributed by atoms with Crippen LogP contribution in [0.1, 0.15) is 0 Å². The third-order valence-corrected chi connectivity index (χ3v) is 2.62. The fourth-order valence-corrected chi connectivity index (χ4v) is 1.77. The maximum absolute atomic E-state index is 5.82. The Bertz CT molecular complexity index is 691. The molecule has 6 heteroatoms. The zero-order chi connectivity index (χ0) is 11.8. The summed E-state index contributed by atoms with van der Waals surface area (Å²) < 4.78 is 1.65. The number of rotatable bonds is 1. The zero-order valence-electron chi connectivity index (χ0n) is 8.71. The number of nitrogens with zero attached hydrogens (tertiary/aromatic N) is 4. The quantitative estimate of drug-likeness (QED) is 0.666. The first-order valence-electron chi connectivity index (χ1n) is 4.97. The number of nitrogen functional groups attached to an aromatic ring is 1. The predicted molar refractivity (Wildman–Crippen MR) is 65.6 cm³/mol. The van der Waals surface area contributed by atoms with Crippen LogP contribution in [0.4, 0.5) is 5.82 Å². The normalized spacial score (nSPS) is 10.9. The lowest BCUT2D eigenvalue weighted by atomic mass is 10.2. The molecule has 0 aliphatic heterocycles. The van der Waals surface area contributed by atoms with Gasteiger partial charge in [0.05, 0.1) is 5.69 Å². The SMILES string of the molecule is Nc1ncccc1-c1cc2nc(Cl)ccn2n1. The molecule has 3 aromatic rings. The molecular weight excluding hydrogens is 238 g/mol. The molecule has 0 atom stereocenters. The number of hydrogen-bond donors (Lipinski definition) is 1. The van der Waals surface area contributed by atoms with Crippen molar-refractivity contribution in [1.29, 1.82) is 0 Å². The van der Waals surface area contributed by atoms with E-state index in [1.54, 1.807) is 23.0 Å². The molecule has 3 aromatic heterocycles. The summed E-state index contributed by atoms with van der Waals surface area (Å²) in [7, 11) is 0. The van der Waals surface area contributed by atoms with E-state index in [9.17, 15) is 0 Å². The second-order valence-electron chi connectivity index (χ2n) is 3.52. The topological polar surface area (TPSA) is 69.1 Å². The molecule has 0 saturated carbocycles. The Labute approximate surface area is 102 Å². The number of pyridine rings is 1. The van der Waals surface area contributed by atoms with Gasteiger partial charge >= 0.3 is 0 Å². The molecule has 84 valence electrons. The van der Waals surface area contributed by atoms with E-state index < -0.39 is 0 Å². The highest BCUT2D eigenvalue weighted by Gasteiger charge is 2.08. The van der Waals surface area contributed by atoms with Crippen LogP contribution in [0.15, 0.2) is 36.7 Å². The van der Waals surface area contributed by atoms with Crippen LogP contribution in [-0.4, -0.2) is 19.6 Å². The summed E-state index contributed by atoms with van der Waals surface area (Å²) in [6, 6.07) is 7.18. The Hall–Kier alpha value is -2.14. The van der Waals surface area contributed by atoms with Crippen molar-refractivity contribution in [3.8, 4) is 11.3 Å². The number of fused-ring (bicyclic) bond motifs is 1. The van der Waals surface area contributed by atoms with Crippen molar-refractivity contribution in [2.24, 2.45) is 0 Å². The van der Waals surface area contributed by atoms with Gasteiger partial charge in [-0.1, -0.05) is 11.6 Å². The van der Waals surface area contributed by atoms with Gasteiger partial charge in [-0.05, 0) is 18.2 Å². The molecule has 0 aliphatic carbocycles. The van der Waals surface area contributed by atoms with Gasteiger partial charge in [0.2, 0.25) is 0 Å². The van der Waals surface area contributed by atoms with Crippen LogP contribution in [0.2, 0.25) is 5.15 Å². The fraction of sp³-hybridized carbons (Fsp3) is 0. The van der Waals surface area contributed by atoms with E-state index in [-0.39, 0.29) is 0 Å². The highest BCUT2D eigenvalue weighted by molar-refractivity contribution is 6.29. The molecule has 0 aromatic carbocycles. The lowest BCUT2D eigenvalue weighted by molar-refractivity contribution is 0.943. The minimum Gasteiger partial charge on any atom is -0.383 e. The van der Waals surface area contributed by atoms with E-state index in [0.717, 1.165) is 11.3 Å². The Morgan fingerprint density at radius 1 is 1.29 bits per heavy atom. The van der Waals surface area contributed by atoms with Crippen molar-refractivity contribution in [2.45, 2.75) is 0 Å². The van der Waals surface area contributed by atoms with E-state index in [1.165, 1.54) is 0 Å². The number of halogens is 1. The van der Waals surface area contributed by atoms with Crippen LogP contribution in [0.3, 0.4) is 0 Å². The van der Waals surface area contributed by atoms with Crippen molar-refractivity contribution in [3.05, 3.63) is 41.8 Å². The fourth-order valence-electron chi connectivity index (χ4n) is 1.62. The summed E-state index contributed by atoms with van der Waals surface area (Å²) in [4.78, 5) is 8.18. The summed E-state index contributed by atoms with van der Waals surface area (Å²) >= 11 is 5.82. The Balaban J connectivity index is 2.22. The van der Waals surface area contributed by atoms with E-state index in [1.807, 2.05) is 18.2 Å². The van der Waals surface area contributed by atoms with Gasteiger partial charge in [0.15, 0.2) is 5.65 Å². The maximum atomic E-state index is 5.82. The van der Waals surface area contributed by atoms with Crippen LogP contribution in [0.25, 0.3) is 16.9 Å². The molecule has 5 nitrogen and oxygen atoms in total. The predicted octanol–water partition coefficient (Wildman–Crippen LogP) is 2.03. The monoisotopic (exact) mass is 245 g/mol. The molecule has 0 saturated heterocycles. The van der Waals surface area contributed by atoms with Crippen molar-refractivity contribution in [2.75, 3.05) is 5.73 Å². The van der Waals surface area contributed by atoms with Gasteiger partial charge in [-0.25, -0.2) is 14.5 Å². The van der Waals surface area contributed by atoms with Gasteiger partial charge < -0.3 is 5.73 Å². The second kappa shape index (κ2) is 3.71. The molecule has 0 bridgehead atoms. The molecule has 17 heavy (non-hydrogen) atoms. The number of nitrogens with two attached hydrogens (primary N) is 1. The van der Waals surface area contributed by atoms with Crippen molar-refractivity contribution in [3.63, 3.8) is 0 Å². The smallest absolute Gasteiger partial charge is 0.157 e. The average Bonchev–Trinajstić information content (AvgIpc) is 2.72. The summed E-state index contributed by atoms with van der Waals surface area (Å²) in [5, 5.41) is 4.79. The molecule has 3 rings (SSSR count). The van der Waals surface area contributed by atoms with Crippen LogP contribution in [0.5, 0.6) is 0 Å². The van der Waals surface area contributed by atoms with Crippen molar-refractivity contribution < 1.29 is 0 Å². The Morgan fingerprint density at radius 2 is 2.18 bits per heavy atom. The van der Waals surface area contributed by atoms with Crippen LogP contribution in [0, 0.1) is 0 Å². The van der Waals surface area contributed by atoms with E-state index >= 15 is 0 Å². The van der Waals surface area contributed by atoms with Crippen molar-refractivity contribution >= 4 is 23.1 Å². The van der Waals surface area contributed by atoms with Crippen molar-refractivity contribution in [1.82, 2.24) is 19.6 Å². The van der Waals surface area contributed by atoms with Gasteiger partial charge in [0.25, 0.3) is 0 Å². The molecule has 0 fully saturated rings. The summed E-state index contributed by atoms with van der Waals surface area (Å²) in [6.07, 6.45) is 3.39. The standard InChI is InChI=1S/C11H8ClN5/c12-9-3-5-17-10(15-9)6-8(16-17)7-2-1-4-14-11(7)13/h1-6H,(H2,13,14).